The summed E-state index contributed by atoms with van der Waals surface area (Å²) < 4.78 is 24.8. The fourth-order valence-corrected chi connectivity index (χ4v) is 3.31. The molecule has 0 aliphatic carbocycles. The van der Waals surface area contributed by atoms with Gasteiger partial charge in [0.2, 0.25) is 0 Å². The number of aliphatic hydroxyl groups is 1. The molecule has 0 bridgehead atoms. The summed E-state index contributed by atoms with van der Waals surface area (Å²) >= 11 is 0. The summed E-state index contributed by atoms with van der Waals surface area (Å²) in [4.78, 5) is 16.9. The highest BCUT2D eigenvalue weighted by Gasteiger charge is 2.44. The number of aromatic nitrogens is 2. The van der Waals surface area contributed by atoms with E-state index in [9.17, 15) is 18.3 Å². The molecule has 3 N–H and O–H groups in total. The number of carboxylic acid groups (broad SMARTS) is 1. The van der Waals surface area contributed by atoms with E-state index in [1.165, 1.54) is 6.33 Å². The third kappa shape index (κ3) is 2.04. The van der Waals surface area contributed by atoms with E-state index in [0.29, 0.717) is 0 Å². The van der Waals surface area contributed by atoms with E-state index in [1.807, 2.05) is 0 Å². The van der Waals surface area contributed by atoms with Crippen molar-refractivity contribution in [3.63, 3.8) is 0 Å². The average molecular weight is 261 g/mol. The molecule has 2 atom stereocenters. The van der Waals surface area contributed by atoms with E-state index in [-0.39, 0.29) is 18.0 Å². The Hall–Kier alpha value is -1.45. The Kier molecular flexibility index (Phi) is 2.89. The van der Waals surface area contributed by atoms with Crippen molar-refractivity contribution >= 4 is 16.0 Å². The van der Waals surface area contributed by atoms with E-state index in [4.69, 9.17) is 5.11 Å². The van der Waals surface area contributed by atoms with Crippen LogP contribution in [-0.4, -0.2) is 57.6 Å². The van der Waals surface area contributed by atoms with E-state index >= 15 is 0 Å². The minimum Gasteiger partial charge on any atom is -0.480 e. The lowest BCUT2D eigenvalue weighted by atomic mass is 10.2. The van der Waals surface area contributed by atoms with Gasteiger partial charge in [-0.25, -0.2) is 13.4 Å². The van der Waals surface area contributed by atoms with Gasteiger partial charge in [-0.1, -0.05) is 0 Å². The van der Waals surface area contributed by atoms with Crippen LogP contribution in [0.5, 0.6) is 0 Å². The maximum absolute atomic E-state index is 12.0. The highest BCUT2D eigenvalue weighted by atomic mass is 32.2. The Bertz CT molecular complexity index is 511. The van der Waals surface area contributed by atoms with Gasteiger partial charge in [0, 0.05) is 13.0 Å². The molecule has 2 unspecified atom stereocenters. The minimum absolute atomic E-state index is 0.108. The Morgan fingerprint density at radius 2 is 2.29 bits per heavy atom. The maximum atomic E-state index is 12.0. The smallest absolute Gasteiger partial charge is 0.322 e. The number of rotatable bonds is 3. The van der Waals surface area contributed by atoms with Crippen LogP contribution in [0.3, 0.4) is 0 Å². The lowest BCUT2D eigenvalue weighted by Crippen LogP contribution is -2.40. The number of aliphatic carboxylic acids is 1. The molecule has 2 heterocycles. The van der Waals surface area contributed by atoms with Crippen molar-refractivity contribution in [1.29, 1.82) is 0 Å². The van der Waals surface area contributed by atoms with Crippen LogP contribution in [0.15, 0.2) is 17.6 Å². The number of β-amino-alcohol motifs (C(OH)–C–C–N with tert-alkyl or cyclic N) is 1. The van der Waals surface area contributed by atoms with Crippen molar-refractivity contribution in [2.45, 2.75) is 23.6 Å². The molecule has 0 radical (unpaired) electrons. The number of nitrogens with zero attached hydrogens (tertiary/aromatic N) is 2. The van der Waals surface area contributed by atoms with Crippen molar-refractivity contribution in [3.8, 4) is 0 Å². The fraction of sp³-hybridized carbons (Fsp3) is 0.500. The Morgan fingerprint density at radius 3 is 2.82 bits per heavy atom. The van der Waals surface area contributed by atoms with Gasteiger partial charge < -0.3 is 15.2 Å². The normalized spacial score (nSPS) is 26.2. The first-order chi connectivity index (χ1) is 7.93. The van der Waals surface area contributed by atoms with Crippen molar-refractivity contribution in [1.82, 2.24) is 14.3 Å². The van der Waals surface area contributed by atoms with Gasteiger partial charge >= 0.3 is 5.97 Å². The number of carboxylic acids is 1. The largest absolute Gasteiger partial charge is 0.480 e. The molecule has 1 fully saturated rings. The van der Waals surface area contributed by atoms with Crippen LogP contribution in [0.25, 0.3) is 0 Å². The molecule has 0 amide bonds. The van der Waals surface area contributed by atoms with Gasteiger partial charge in [0.25, 0.3) is 10.0 Å². The number of aliphatic hydroxyl groups excluding tert-OH is 1. The third-order valence-corrected chi connectivity index (χ3v) is 4.38. The van der Waals surface area contributed by atoms with Gasteiger partial charge in [0.15, 0.2) is 5.03 Å². The van der Waals surface area contributed by atoms with Gasteiger partial charge in [0.1, 0.15) is 6.04 Å². The number of hydrogen-bond acceptors (Lipinski definition) is 5. The molecule has 8 nitrogen and oxygen atoms in total. The monoisotopic (exact) mass is 261 g/mol. The number of H-pyrrole nitrogens is 1. The van der Waals surface area contributed by atoms with Crippen LogP contribution in [0.4, 0.5) is 0 Å². The quantitative estimate of drug-likeness (QED) is 0.616. The first-order valence-corrected chi connectivity index (χ1v) is 6.28. The maximum Gasteiger partial charge on any atom is 0.322 e. The van der Waals surface area contributed by atoms with Crippen LogP contribution in [0.2, 0.25) is 0 Å². The summed E-state index contributed by atoms with van der Waals surface area (Å²) in [5.41, 5.74) is 0. The van der Waals surface area contributed by atoms with Gasteiger partial charge in [-0.05, 0) is 0 Å². The molecule has 9 heteroatoms. The van der Waals surface area contributed by atoms with E-state index in [1.54, 1.807) is 0 Å². The molecular weight excluding hydrogens is 250 g/mol. The molecule has 0 aromatic carbocycles. The molecule has 1 aromatic heterocycles. The number of carbonyl (C=O) groups is 1. The second kappa shape index (κ2) is 4.09. The summed E-state index contributed by atoms with van der Waals surface area (Å²) in [7, 11) is -3.95. The molecular formula is C8H11N3O5S. The van der Waals surface area contributed by atoms with Gasteiger partial charge in [0.05, 0.1) is 18.6 Å². The standard InChI is InChI=1S/C8H11N3O5S/c12-5-1-6(8(13)14)11(3-5)17(15,16)7-2-9-4-10-7/h2,4-6,12H,1,3H2,(H,9,10)(H,13,14). The van der Waals surface area contributed by atoms with Crippen LogP contribution < -0.4 is 0 Å². The second-order valence-corrected chi connectivity index (χ2v) is 5.59. The second-order valence-electron chi connectivity index (χ2n) is 3.73. The lowest BCUT2D eigenvalue weighted by Gasteiger charge is -2.19. The first-order valence-electron chi connectivity index (χ1n) is 4.84. The SMILES string of the molecule is O=C(O)C1CC(O)CN1S(=O)(=O)c1cnc[nH]1. The predicted octanol–water partition coefficient (Wildman–Crippen LogP) is -1.38. The number of hydrogen-bond donors (Lipinski definition) is 3. The summed E-state index contributed by atoms with van der Waals surface area (Å²) in [6.45, 7) is -0.224. The first kappa shape index (κ1) is 12.0. The highest BCUT2D eigenvalue weighted by molar-refractivity contribution is 7.89. The predicted molar refractivity (Wildman–Crippen MR) is 54.5 cm³/mol. The van der Waals surface area contributed by atoms with Crippen LogP contribution in [0, 0.1) is 0 Å². The van der Waals surface area contributed by atoms with E-state index in [0.717, 1.165) is 10.5 Å². The molecule has 94 valence electrons. The molecule has 1 aliphatic heterocycles. The van der Waals surface area contributed by atoms with Crippen molar-refractivity contribution in [2.24, 2.45) is 0 Å². The third-order valence-electron chi connectivity index (χ3n) is 2.58. The van der Waals surface area contributed by atoms with Crippen LogP contribution >= 0.6 is 0 Å². The summed E-state index contributed by atoms with van der Waals surface area (Å²) in [6.07, 6.45) is 1.21. The minimum atomic E-state index is -3.95. The Labute approximate surface area is 96.9 Å². The van der Waals surface area contributed by atoms with Crippen molar-refractivity contribution in [3.05, 3.63) is 12.5 Å². The zero-order valence-corrected chi connectivity index (χ0v) is 9.46. The summed E-state index contributed by atoms with van der Waals surface area (Å²) in [5.74, 6) is -1.27. The van der Waals surface area contributed by atoms with Crippen LogP contribution in [0.1, 0.15) is 6.42 Å². The Balaban J connectivity index is 2.36. The average Bonchev–Trinajstić information content (AvgIpc) is 2.84. The zero-order chi connectivity index (χ0) is 12.6. The summed E-state index contributed by atoms with van der Waals surface area (Å²) in [6, 6.07) is -1.24. The molecule has 2 rings (SSSR count). The Morgan fingerprint density at radius 1 is 1.59 bits per heavy atom. The number of aromatic amines is 1. The van der Waals surface area contributed by atoms with Gasteiger partial charge in [-0.3, -0.25) is 4.79 Å². The molecule has 0 saturated carbocycles. The van der Waals surface area contributed by atoms with Crippen molar-refractivity contribution in [2.75, 3.05) is 6.54 Å². The van der Waals surface area contributed by atoms with E-state index < -0.39 is 28.1 Å². The van der Waals surface area contributed by atoms with Gasteiger partial charge in [-0.2, -0.15) is 4.31 Å². The molecule has 1 aromatic rings. The molecule has 0 spiro atoms. The van der Waals surface area contributed by atoms with E-state index in [2.05, 4.69) is 9.97 Å². The molecule has 17 heavy (non-hydrogen) atoms. The zero-order valence-electron chi connectivity index (χ0n) is 8.65. The summed E-state index contributed by atoms with van der Waals surface area (Å²) in [5, 5.41) is 18.1. The van der Waals surface area contributed by atoms with Crippen molar-refractivity contribution < 1.29 is 23.4 Å². The molecule has 1 aliphatic rings. The number of imidazole rings is 1. The number of sulfonamides is 1. The number of nitrogens with one attached hydrogen (secondary N) is 1. The topological polar surface area (TPSA) is 124 Å². The fourth-order valence-electron chi connectivity index (χ4n) is 1.78. The van der Waals surface area contributed by atoms with Gasteiger partial charge in [-0.15, -0.1) is 0 Å². The van der Waals surface area contributed by atoms with Crippen LogP contribution in [-0.2, 0) is 14.8 Å². The molecule has 1 saturated heterocycles. The highest BCUT2D eigenvalue weighted by Crippen LogP contribution is 2.25. The lowest BCUT2D eigenvalue weighted by molar-refractivity contribution is -0.140.